The number of nitrogens with one attached hydrogen (secondary N) is 1. The second-order valence-electron chi connectivity index (χ2n) is 5.19. The molecule has 1 N–H and O–H groups in total. The number of nitrogens with zero attached hydrogens (tertiary/aromatic N) is 2. The van der Waals surface area contributed by atoms with Gasteiger partial charge < -0.3 is 4.90 Å². The molecule has 3 rings (SSSR count). The van der Waals surface area contributed by atoms with E-state index in [0.717, 1.165) is 37.4 Å². The Morgan fingerprint density at radius 3 is 2.80 bits per heavy atom. The van der Waals surface area contributed by atoms with Gasteiger partial charge in [0.05, 0.1) is 24.0 Å². The van der Waals surface area contributed by atoms with Gasteiger partial charge >= 0.3 is 0 Å². The van der Waals surface area contributed by atoms with Crippen molar-refractivity contribution in [1.29, 1.82) is 0 Å². The molecule has 0 unspecified atom stereocenters. The van der Waals surface area contributed by atoms with Gasteiger partial charge in [0.25, 0.3) is 5.56 Å². The molecule has 0 spiro atoms. The minimum Gasteiger partial charge on any atom is -0.309 e. The Bertz CT molecular complexity index is 726. The number of hydrogen-bond acceptors (Lipinski definition) is 2. The monoisotopic (exact) mass is 270 g/mol. The summed E-state index contributed by atoms with van der Waals surface area (Å²) in [6.07, 6.45) is 3.14. The fourth-order valence-electron chi connectivity index (χ4n) is 2.80. The number of allylic oxidation sites excluding steroid dienone is 1. The second-order valence-corrected chi connectivity index (χ2v) is 5.19. The van der Waals surface area contributed by atoms with Gasteiger partial charge in [0.15, 0.2) is 0 Å². The molecular weight excluding hydrogens is 250 g/mol. The Morgan fingerprint density at radius 2 is 2.05 bits per heavy atom. The molecule has 0 saturated carbocycles. The summed E-state index contributed by atoms with van der Waals surface area (Å²) >= 11 is 0. The number of rotatable bonds is 3. The van der Waals surface area contributed by atoms with Gasteiger partial charge in [-0.05, 0) is 32.4 Å². The van der Waals surface area contributed by atoms with Crippen LogP contribution in [0.25, 0.3) is 16.5 Å². The van der Waals surface area contributed by atoms with Crippen LogP contribution in [-0.4, -0.2) is 22.6 Å². The Hall–Kier alpha value is -1.94. The number of benzene rings is 1. The number of hydrogen-bond donors (Lipinski definition) is 1. The summed E-state index contributed by atoms with van der Waals surface area (Å²) in [5.41, 5.74) is 2.08. The van der Waals surface area contributed by atoms with E-state index in [9.17, 15) is 4.79 Å². The zero-order valence-electron chi connectivity index (χ0n) is 12.0. The molecule has 2 heterocycles. The van der Waals surface area contributed by atoms with E-state index in [1.807, 2.05) is 28.8 Å². The molecular formula is C16H20N3O+. The van der Waals surface area contributed by atoms with E-state index in [-0.39, 0.29) is 5.56 Å². The molecule has 0 bridgehead atoms. The first-order valence-corrected chi connectivity index (χ1v) is 7.29. The van der Waals surface area contributed by atoms with E-state index in [4.69, 9.17) is 4.98 Å². The van der Waals surface area contributed by atoms with E-state index in [2.05, 4.69) is 20.0 Å². The maximum atomic E-state index is 12.5. The predicted molar refractivity (Wildman–Crippen MR) is 80.6 cm³/mol. The van der Waals surface area contributed by atoms with Gasteiger partial charge in [-0.3, -0.25) is 9.36 Å². The molecule has 1 aromatic heterocycles. The minimum atomic E-state index is 0.0866. The lowest BCUT2D eigenvalue weighted by atomic mass is 10.2. The molecule has 4 nitrogen and oxygen atoms in total. The Balaban J connectivity index is 2.17. The normalized spacial score (nSPS) is 16.2. The molecule has 1 aliphatic heterocycles. The topological polar surface area (TPSA) is 39.3 Å². The van der Waals surface area contributed by atoms with Crippen molar-refractivity contribution in [3.05, 3.63) is 46.6 Å². The van der Waals surface area contributed by atoms with Crippen molar-refractivity contribution in [2.75, 3.05) is 13.1 Å². The molecule has 0 aliphatic carbocycles. The van der Waals surface area contributed by atoms with Crippen LogP contribution in [0.1, 0.15) is 26.1 Å². The zero-order chi connectivity index (χ0) is 14.1. The van der Waals surface area contributed by atoms with Crippen LogP contribution in [0.4, 0.5) is 0 Å². The Morgan fingerprint density at radius 1 is 1.30 bits per heavy atom. The lowest BCUT2D eigenvalue weighted by Gasteiger charge is -2.10. The average Bonchev–Trinajstić information content (AvgIpc) is 2.88. The third-order valence-electron chi connectivity index (χ3n) is 4.04. The standard InChI is InChI=1S/C16H19N3O/c1-3-18(4-2)11-12-9-10-19-15(12)17-14-8-6-5-7-13(14)16(19)20/h5-8,11H,3-4,9-10H2,1-2H3/p+1. The summed E-state index contributed by atoms with van der Waals surface area (Å²) in [6, 6.07) is 7.59. The largest absolute Gasteiger partial charge is 0.309 e. The summed E-state index contributed by atoms with van der Waals surface area (Å²) in [4.78, 5) is 18.6. The maximum Gasteiger partial charge on any atom is 0.261 e. The summed E-state index contributed by atoms with van der Waals surface area (Å²) in [7, 11) is 0. The molecule has 0 saturated heterocycles. The highest BCUT2D eigenvalue weighted by Gasteiger charge is 2.22. The number of fused-ring (bicyclic) bond motifs is 2. The third-order valence-corrected chi connectivity index (χ3v) is 4.04. The Kier molecular flexibility index (Phi) is 3.40. The summed E-state index contributed by atoms with van der Waals surface area (Å²) in [5.74, 6) is 0.855. The molecule has 4 heteroatoms. The van der Waals surface area contributed by atoms with Crippen LogP contribution < -0.4 is 10.5 Å². The van der Waals surface area contributed by atoms with Crippen LogP contribution in [-0.2, 0) is 6.54 Å². The molecule has 0 fully saturated rings. The van der Waals surface area contributed by atoms with E-state index in [0.29, 0.717) is 5.39 Å². The number of quaternary nitrogens is 1. The minimum absolute atomic E-state index is 0.0866. The van der Waals surface area contributed by atoms with Gasteiger partial charge in [0.2, 0.25) is 0 Å². The highest BCUT2D eigenvalue weighted by Crippen LogP contribution is 2.23. The van der Waals surface area contributed by atoms with Crippen molar-refractivity contribution in [1.82, 2.24) is 9.55 Å². The van der Waals surface area contributed by atoms with Gasteiger partial charge in [0.1, 0.15) is 12.0 Å². The SMILES string of the molecule is CC[NH+](C=C1CCn2c1nc1ccccc1c2=O)CC. The first-order chi connectivity index (χ1) is 9.74. The first kappa shape index (κ1) is 13.1. The smallest absolute Gasteiger partial charge is 0.261 e. The van der Waals surface area contributed by atoms with Crippen LogP contribution in [0.15, 0.2) is 35.3 Å². The van der Waals surface area contributed by atoms with Gasteiger partial charge in [-0.2, -0.15) is 0 Å². The van der Waals surface area contributed by atoms with Gasteiger partial charge in [-0.15, -0.1) is 0 Å². The van der Waals surface area contributed by atoms with Crippen molar-refractivity contribution in [2.24, 2.45) is 0 Å². The quantitative estimate of drug-likeness (QED) is 0.906. The lowest BCUT2D eigenvalue weighted by molar-refractivity contribution is -0.842. The van der Waals surface area contributed by atoms with Crippen LogP contribution in [0.5, 0.6) is 0 Å². The second kappa shape index (κ2) is 5.21. The van der Waals surface area contributed by atoms with E-state index >= 15 is 0 Å². The Labute approximate surface area is 118 Å². The number of aromatic nitrogens is 2. The van der Waals surface area contributed by atoms with Crippen LogP contribution in [0.2, 0.25) is 0 Å². The van der Waals surface area contributed by atoms with Crippen molar-refractivity contribution in [3.8, 4) is 0 Å². The van der Waals surface area contributed by atoms with Gasteiger partial charge in [-0.25, -0.2) is 4.98 Å². The molecule has 1 aromatic carbocycles. The molecule has 2 aromatic rings. The summed E-state index contributed by atoms with van der Waals surface area (Å²) in [6.45, 7) is 7.20. The molecule has 104 valence electrons. The molecule has 0 atom stereocenters. The molecule has 1 aliphatic rings. The third kappa shape index (κ3) is 2.06. The van der Waals surface area contributed by atoms with E-state index in [1.54, 1.807) is 0 Å². The molecule has 20 heavy (non-hydrogen) atoms. The fraction of sp³-hybridized carbons (Fsp3) is 0.375. The highest BCUT2D eigenvalue weighted by atomic mass is 16.1. The summed E-state index contributed by atoms with van der Waals surface area (Å²) < 4.78 is 1.82. The van der Waals surface area contributed by atoms with Crippen molar-refractivity contribution in [3.63, 3.8) is 0 Å². The van der Waals surface area contributed by atoms with Crippen molar-refractivity contribution >= 4 is 16.5 Å². The zero-order valence-corrected chi connectivity index (χ0v) is 12.0. The van der Waals surface area contributed by atoms with Crippen LogP contribution in [0.3, 0.4) is 0 Å². The maximum absolute atomic E-state index is 12.5. The van der Waals surface area contributed by atoms with Crippen LogP contribution in [0, 0.1) is 0 Å². The predicted octanol–water partition coefficient (Wildman–Crippen LogP) is 1.07. The molecule has 0 amide bonds. The average molecular weight is 270 g/mol. The van der Waals surface area contributed by atoms with Crippen molar-refractivity contribution in [2.45, 2.75) is 26.8 Å². The summed E-state index contributed by atoms with van der Waals surface area (Å²) in [5, 5.41) is 0.715. The van der Waals surface area contributed by atoms with Crippen molar-refractivity contribution < 1.29 is 4.90 Å². The van der Waals surface area contributed by atoms with Gasteiger partial charge in [0, 0.05) is 12.1 Å². The van der Waals surface area contributed by atoms with E-state index in [1.165, 1.54) is 10.5 Å². The molecule has 0 radical (unpaired) electrons. The highest BCUT2D eigenvalue weighted by molar-refractivity contribution is 5.79. The fourth-order valence-corrected chi connectivity index (χ4v) is 2.80. The number of para-hydroxylation sites is 1. The first-order valence-electron chi connectivity index (χ1n) is 7.29. The van der Waals surface area contributed by atoms with E-state index < -0.39 is 0 Å². The van der Waals surface area contributed by atoms with Crippen LogP contribution >= 0.6 is 0 Å². The van der Waals surface area contributed by atoms with Gasteiger partial charge in [-0.1, -0.05) is 12.1 Å². The lowest BCUT2D eigenvalue weighted by Crippen LogP contribution is -3.06.